The molecule has 0 saturated carbocycles. The molecule has 0 radical (unpaired) electrons. The van der Waals surface area contributed by atoms with Crippen molar-refractivity contribution in [3.8, 4) is 5.75 Å². The van der Waals surface area contributed by atoms with Gasteiger partial charge >= 0.3 is 0 Å². The number of carbonyl (C=O) groups is 1. The minimum atomic E-state index is -1.28. The zero-order valence-corrected chi connectivity index (χ0v) is 23.4. The lowest BCUT2D eigenvalue weighted by atomic mass is 10.0. The minimum absolute atomic E-state index is 0.0500. The maximum absolute atomic E-state index is 14.9. The second-order valence-electron chi connectivity index (χ2n) is 9.04. The van der Waals surface area contributed by atoms with Crippen LogP contribution in [0.4, 0.5) is 26.1 Å². The van der Waals surface area contributed by atoms with E-state index in [1.807, 2.05) is 6.92 Å². The lowest BCUT2D eigenvalue weighted by molar-refractivity contribution is -0.131. The number of carbonyl (C=O) groups excluding carboxylic acids is 1. The van der Waals surface area contributed by atoms with Gasteiger partial charge in [0.1, 0.15) is 23.8 Å². The van der Waals surface area contributed by atoms with E-state index < -0.39 is 23.4 Å². The summed E-state index contributed by atoms with van der Waals surface area (Å²) in [6, 6.07) is 6.94. The van der Waals surface area contributed by atoms with Gasteiger partial charge in [0.05, 0.1) is 43.3 Å². The second kappa shape index (κ2) is 13.0. The Morgan fingerprint density at radius 1 is 1.27 bits per heavy atom. The van der Waals surface area contributed by atoms with E-state index in [1.165, 1.54) is 30.6 Å². The number of amidine groups is 1. The van der Waals surface area contributed by atoms with Crippen LogP contribution in [-0.2, 0) is 9.53 Å². The van der Waals surface area contributed by atoms with Crippen LogP contribution in [0.1, 0.15) is 23.6 Å². The number of methoxy groups -OCH3 is 1. The van der Waals surface area contributed by atoms with Gasteiger partial charge in [0.2, 0.25) is 12.2 Å². The number of nitrogens with two attached hydrogens (primary N) is 1. The molecule has 216 valence electrons. The molecule has 1 atom stereocenters. The predicted octanol–water partition coefficient (Wildman–Crippen LogP) is 3.96. The third-order valence-electron chi connectivity index (χ3n) is 6.50. The molecule has 41 heavy (non-hydrogen) atoms. The average molecular weight is 587 g/mol. The zero-order chi connectivity index (χ0) is 29.7. The fourth-order valence-corrected chi connectivity index (χ4v) is 4.43. The summed E-state index contributed by atoms with van der Waals surface area (Å²) in [5.74, 6) is -2.64. The number of aliphatic imine (C=N–C) groups is 1. The van der Waals surface area contributed by atoms with E-state index in [0.717, 1.165) is 0 Å². The monoisotopic (exact) mass is 586 g/mol. The normalized spacial score (nSPS) is 14.8. The Labute approximate surface area is 240 Å². The summed E-state index contributed by atoms with van der Waals surface area (Å²) in [5, 5.41) is 15.5. The van der Waals surface area contributed by atoms with E-state index in [4.69, 9.17) is 37.2 Å². The van der Waals surface area contributed by atoms with Gasteiger partial charge in [-0.05, 0) is 43.7 Å². The van der Waals surface area contributed by atoms with Gasteiger partial charge < -0.3 is 20.5 Å². The SMILES string of the molecule is COc1ccc(C(=N)c2c(N)ncnc2NC(C)/C(=N/c2cccc(Cl)c2C)N(C=O)N2CCOCC2)c(F)c1F. The molecule has 3 aromatic rings. The van der Waals surface area contributed by atoms with Gasteiger partial charge in [-0.1, -0.05) is 17.7 Å². The largest absolute Gasteiger partial charge is 0.494 e. The first-order chi connectivity index (χ1) is 19.7. The first-order valence-electron chi connectivity index (χ1n) is 12.6. The van der Waals surface area contributed by atoms with Crippen molar-refractivity contribution < 1.29 is 23.0 Å². The summed E-state index contributed by atoms with van der Waals surface area (Å²) in [4.78, 5) is 25.4. The van der Waals surface area contributed by atoms with Gasteiger partial charge in [-0.15, -0.1) is 0 Å². The van der Waals surface area contributed by atoms with Crippen LogP contribution in [0.25, 0.3) is 0 Å². The second-order valence-corrected chi connectivity index (χ2v) is 9.44. The minimum Gasteiger partial charge on any atom is -0.494 e. The number of aromatic nitrogens is 2. The number of morpholine rings is 1. The Kier molecular flexibility index (Phi) is 9.42. The van der Waals surface area contributed by atoms with Crippen molar-refractivity contribution in [2.75, 3.05) is 44.5 Å². The molecule has 1 fully saturated rings. The Balaban J connectivity index is 1.77. The number of nitrogens with zero attached hydrogens (tertiary/aromatic N) is 5. The van der Waals surface area contributed by atoms with Crippen LogP contribution < -0.4 is 15.8 Å². The highest BCUT2D eigenvalue weighted by Gasteiger charge is 2.29. The molecular formula is C27H29ClF2N8O3. The molecule has 0 bridgehead atoms. The van der Waals surface area contributed by atoms with Crippen molar-refractivity contribution in [2.24, 2.45) is 4.99 Å². The molecule has 2 aromatic carbocycles. The van der Waals surface area contributed by atoms with E-state index in [1.54, 1.807) is 30.1 Å². The van der Waals surface area contributed by atoms with Crippen molar-refractivity contribution in [1.29, 1.82) is 5.41 Å². The van der Waals surface area contributed by atoms with Crippen LogP contribution in [-0.4, -0.2) is 77.4 Å². The van der Waals surface area contributed by atoms with Gasteiger partial charge in [-0.25, -0.2) is 29.4 Å². The summed E-state index contributed by atoms with van der Waals surface area (Å²) in [5.41, 5.74) is 6.46. The molecule has 1 unspecified atom stereocenters. The van der Waals surface area contributed by atoms with Gasteiger partial charge in [0.25, 0.3) is 0 Å². The van der Waals surface area contributed by atoms with Gasteiger partial charge in [0.15, 0.2) is 11.6 Å². The molecule has 0 aliphatic carbocycles. The fraction of sp³-hybridized carbons (Fsp3) is 0.296. The topological polar surface area (TPSA) is 142 Å². The first-order valence-corrected chi connectivity index (χ1v) is 12.9. The molecule has 1 amide bonds. The van der Waals surface area contributed by atoms with Crippen LogP contribution in [0.15, 0.2) is 41.7 Å². The standard InChI is InChI=1S/C27H29ClF2N8O3/c1-15-18(28)5-4-6-19(15)36-27(38(14-39)37-9-11-41-12-10-37)16(2)35-26-21(25(32)33-13-34-26)24(31)17-7-8-20(40-3)23(30)22(17)29/h4-8,13-14,16,31H,9-12H2,1-3H3,(H3,32,33,34,35)/b31-24?,36-27-. The van der Waals surface area contributed by atoms with Crippen LogP contribution in [0.3, 0.4) is 0 Å². The first kappa shape index (κ1) is 29.8. The van der Waals surface area contributed by atoms with Gasteiger partial charge in [0, 0.05) is 23.7 Å². The number of ether oxygens (including phenoxy) is 2. The Morgan fingerprint density at radius 2 is 2.00 bits per heavy atom. The van der Waals surface area contributed by atoms with E-state index in [9.17, 15) is 13.6 Å². The van der Waals surface area contributed by atoms with Crippen LogP contribution in [0, 0.1) is 24.0 Å². The molecular weight excluding hydrogens is 558 g/mol. The van der Waals surface area contributed by atoms with E-state index >= 15 is 0 Å². The van der Waals surface area contributed by atoms with Crippen molar-refractivity contribution in [2.45, 2.75) is 19.9 Å². The Hall–Kier alpha value is -4.20. The van der Waals surface area contributed by atoms with E-state index in [0.29, 0.717) is 49.0 Å². The molecule has 0 spiro atoms. The summed E-state index contributed by atoms with van der Waals surface area (Å²) in [6.07, 6.45) is 1.82. The fourth-order valence-electron chi connectivity index (χ4n) is 4.26. The Bertz CT molecular complexity index is 1480. The van der Waals surface area contributed by atoms with Crippen LogP contribution >= 0.6 is 11.6 Å². The summed E-state index contributed by atoms with van der Waals surface area (Å²) >= 11 is 6.33. The maximum atomic E-state index is 14.9. The van der Waals surface area contributed by atoms with Crippen LogP contribution in [0.5, 0.6) is 5.75 Å². The molecule has 1 aromatic heterocycles. The highest BCUT2D eigenvalue weighted by Crippen LogP contribution is 2.29. The highest BCUT2D eigenvalue weighted by atomic mass is 35.5. The number of hydrogen-bond donors (Lipinski definition) is 3. The van der Waals surface area contributed by atoms with Crippen molar-refractivity contribution in [1.82, 2.24) is 20.0 Å². The summed E-state index contributed by atoms with van der Waals surface area (Å²) < 4.78 is 39.7. The number of amides is 1. The average Bonchev–Trinajstić information content (AvgIpc) is 2.97. The van der Waals surface area contributed by atoms with E-state index in [2.05, 4.69) is 15.3 Å². The number of benzene rings is 2. The predicted molar refractivity (Wildman–Crippen MR) is 152 cm³/mol. The quantitative estimate of drug-likeness (QED) is 0.194. The maximum Gasteiger partial charge on any atom is 0.229 e. The summed E-state index contributed by atoms with van der Waals surface area (Å²) in [7, 11) is 1.21. The molecule has 4 N–H and O–H groups in total. The van der Waals surface area contributed by atoms with Gasteiger partial charge in [-0.2, -0.15) is 4.39 Å². The molecule has 1 aliphatic rings. The molecule has 4 rings (SSSR count). The van der Waals surface area contributed by atoms with Crippen molar-refractivity contribution >= 4 is 46.9 Å². The molecule has 14 heteroatoms. The molecule has 1 saturated heterocycles. The number of nitrogens with one attached hydrogen (secondary N) is 2. The van der Waals surface area contributed by atoms with Crippen molar-refractivity contribution in [3.05, 3.63) is 70.0 Å². The molecule has 11 nitrogen and oxygen atoms in total. The lowest BCUT2D eigenvalue weighted by Crippen LogP contribution is -2.54. The summed E-state index contributed by atoms with van der Waals surface area (Å²) in [6.45, 7) is 5.26. The molecule has 1 aliphatic heterocycles. The number of anilines is 2. The zero-order valence-electron chi connectivity index (χ0n) is 22.6. The number of hydrazine groups is 1. The number of rotatable bonds is 9. The smallest absolute Gasteiger partial charge is 0.229 e. The Morgan fingerprint density at radius 3 is 2.68 bits per heavy atom. The third kappa shape index (κ3) is 6.26. The lowest BCUT2D eigenvalue weighted by Gasteiger charge is -2.37. The highest BCUT2D eigenvalue weighted by molar-refractivity contribution is 6.31. The van der Waals surface area contributed by atoms with Crippen molar-refractivity contribution in [3.63, 3.8) is 0 Å². The van der Waals surface area contributed by atoms with Gasteiger partial charge in [-0.3, -0.25) is 10.2 Å². The number of halogens is 3. The third-order valence-corrected chi connectivity index (χ3v) is 6.91. The van der Waals surface area contributed by atoms with Crippen LogP contribution in [0.2, 0.25) is 5.02 Å². The molecule has 2 heterocycles. The number of hydrogen-bond acceptors (Lipinski definition) is 10. The van der Waals surface area contributed by atoms with E-state index in [-0.39, 0.29) is 34.3 Å². The number of nitrogen functional groups attached to an aromatic ring is 1.